The highest BCUT2D eigenvalue weighted by Crippen LogP contribution is 2.49. The van der Waals surface area contributed by atoms with Gasteiger partial charge in [0.05, 0.1) is 0 Å². The van der Waals surface area contributed by atoms with Crippen molar-refractivity contribution in [1.29, 1.82) is 0 Å². The van der Waals surface area contributed by atoms with Crippen molar-refractivity contribution in [2.45, 2.75) is 29.5 Å². The van der Waals surface area contributed by atoms with E-state index in [0.717, 1.165) is 6.07 Å². The average Bonchev–Trinajstić information content (AvgIpc) is 3.08. The number of nitrogen functional groups attached to an aromatic ring is 1. The number of nitrogens with zero attached hydrogens (tertiary/aromatic N) is 1. The Bertz CT molecular complexity index is 631. The van der Waals surface area contributed by atoms with Gasteiger partial charge in [-0.25, -0.2) is 19.2 Å². The molecule has 0 spiro atoms. The predicted octanol–water partition coefficient (Wildman–Crippen LogP) is 1.50. The summed E-state index contributed by atoms with van der Waals surface area (Å²) in [7, 11) is -4.41. The van der Waals surface area contributed by atoms with E-state index >= 15 is 0 Å². The number of halogens is 4. The van der Waals surface area contributed by atoms with Crippen LogP contribution in [0.2, 0.25) is 0 Å². The van der Waals surface area contributed by atoms with Crippen molar-refractivity contribution in [3.05, 3.63) is 16.7 Å². The van der Waals surface area contributed by atoms with Gasteiger partial charge in [-0.3, -0.25) is 0 Å². The number of hydrazine groups is 1. The first-order chi connectivity index (χ1) is 9.11. The molecule has 4 N–H and O–H groups in total. The van der Waals surface area contributed by atoms with Gasteiger partial charge in [-0.1, -0.05) is 0 Å². The molecule has 1 aromatic rings. The molecule has 0 amide bonds. The minimum atomic E-state index is -4.64. The molecule has 0 atom stereocenters. The maximum atomic E-state index is 12.8. The van der Waals surface area contributed by atoms with Crippen molar-refractivity contribution in [3.8, 4) is 0 Å². The first kappa shape index (κ1) is 15.5. The number of nitrogens with two attached hydrogens (primary N) is 1. The van der Waals surface area contributed by atoms with E-state index in [2.05, 4.69) is 20.9 Å². The topological polar surface area (TPSA) is 97.1 Å². The minimum Gasteiger partial charge on any atom is -0.307 e. The van der Waals surface area contributed by atoms with Crippen LogP contribution in [0.25, 0.3) is 0 Å². The molecule has 1 heterocycles. The van der Waals surface area contributed by atoms with Gasteiger partial charge in [-0.15, -0.1) is 0 Å². The Morgan fingerprint density at radius 1 is 1.40 bits per heavy atom. The van der Waals surface area contributed by atoms with Crippen molar-refractivity contribution < 1.29 is 21.6 Å². The van der Waals surface area contributed by atoms with Gasteiger partial charge >= 0.3 is 6.18 Å². The molecule has 11 heteroatoms. The molecule has 1 saturated carbocycles. The summed E-state index contributed by atoms with van der Waals surface area (Å²) in [5.41, 5.74) is -0.347. The molecule has 6 nitrogen and oxygen atoms in total. The van der Waals surface area contributed by atoms with Crippen LogP contribution in [0.5, 0.6) is 0 Å². The van der Waals surface area contributed by atoms with Gasteiger partial charge in [0.2, 0.25) is 10.0 Å². The summed E-state index contributed by atoms with van der Waals surface area (Å²) in [5.74, 6) is 4.88. The van der Waals surface area contributed by atoms with Crippen LogP contribution in [0.15, 0.2) is 21.6 Å². The predicted molar refractivity (Wildman–Crippen MR) is 68.1 cm³/mol. The van der Waals surface area contributed by atoms with Crippen molar-refractivity contribution in [2.75, 3.05) is 5.43 Å². The number of alkyl halides is 3. The Morgan fingerprint density at radius 3 is 2.45 bits per heavy atom. The van der Waals surface area contributed by atoms with Crippen LogP contribution in [0.1, 0.15) is 12.8 Å². The van der Waals surface area contributed by atoms with Crippen LogP contribution in [-0.2, 0) is 10.0 Å². The smallest absolute Gasteiger partial charge is 0.307 e. The minimum absolute atomic E-state index is 0.237. The third-order valence-electron chi connectivity index (χ3n) is 2.87. The molecule has 20 heavy (non-hydrogen) atoms. The second kappa shape index (κ2) is 4.83. The maximum absolute atomic E-state index is 12.8. The van der Waals surface area contributed by atoms with E-state index in [9.17, 15) is 21.6 Å². The molecule has 1 aliphatic carbocycles. The lowest BCUT2D eigenvalue weighted by atomic mass is 10.3. The quantitative estimate of drug-likeness (QED) is 0.548. The standard InChI is InChI=1S/C9H10BrF3N4O2S/c10-5-3-6(7(16-14)15-4-5)20(18,19)17-8(1-2-8)9(11,12)13/h3-4,17H,1-2,14H2,(H,15,16). The summed E-state index contributed by atoms with van der Waals surface area (Å²) in [5, 5.41) is 0. The fourth-order valence-corrected chi connectivity index (χ4v) is 3.69. The van der Waals surface area contributed by atoms with Gasteiger partial charge in [-0.2, -0.15) is 17.9 Å². The van der Waals surface area contributed by atoms with Gasteiger partial charge in [0, 0.05) is 10.7 Å². The lowest BCUT2D eigenvalue weighted by molar-refractivity contribution is -0.160. The number of nitrogens with one attached hydrogen (secondary N) is 2. The Morgan fingerprint density at radius 2 is 2.00 bits per heavy atom. The van der Waals surface area contributed by atoms with E-state index in [1.807, 2.05) is 5.43 Å². The highest BCUT2D eigenvalue weighted by molar-refractivity contribution is 9.10. The SMILES string of the molecule is NNc1ncc(Br)cc1S(=O)(=O)NC1(C(F)(F)F)CC1. The molecule has 1 aliphatic rings. The second-order valence-electron chi connectivity index (χ2n) is 4.33. The zero-order valence-corrected chi connectivity index (χ0v) is 12.2. The summed E-state index contributed by atoms with van der Waals surface area (Å²) < 4.78 is 64.6. The summed E-state index contributed by atoms with van der Waals surface area (Å²) in [6, 6.07) is 1.12. The Balaban J connectivity index is 2.40. The van der Waals surface area contributed by atoms with Gasteiger partial charge < -0.3 is 5.43 Å². The van der Waals surface area contributed by atoms with E-state index in [1.54, 1.807) is 4.72 Å². The van der Waals surface area contributed by atoms with Crippen LogP contribution in [0, 0.1) is 0 Å². The summed E-state index contributed by atoms with van der Waals surface area (Å²) >= 11 is 3.01. The first-order valence-corrected chi connectivity index (χ1v) is 7.62. The van der Waals surface area contributed by atoms with Crippen LogP contribution >= 0.6 is 15.9 Å². The van der Waals surface area contributed by atoms with E-state index in [-0.39, 0.29) is 18.7 Å². The normalized spacial score (nSPS) is 17.9. The Labute approximate surface area is 121 Å². The molecule has 0 bridgehead atoms. The third-order valence-corrected chi connectivity index (χ3v) is 4.85. The number of aromatic nitrogens is 1. The van der Waals surface area contributed by atoms with Crippen molar-refractivity contribution in [2.24, 2.45) is 5.84 Å². The van der Waals surface area contributed by atoms with E-state index in [1.165, 1.54) is 6.20 Å². The Kier molecular flexibility index (Phi) is 3.73. The van der Waals surface area contributed by atoms with Gasteiger partial charge in [0.15, 0.2) is 5.82 Å². The van der Waals surface area contributed by atoms with E-state index in [0.29, 0.717) is 4.47 Å². The summed E-state index contributed by atoms with van der Waals surface area (Å²) in [4.78, 5) is 3.24. The van der Waals surface area contributed by atoms with Crippen molar-refractivity contribution in [1.82, 2.24) is 9.71 Å². The highest BCUT2D eigenvalue weighted by Gasteiger charge is 2.65. The van der Waals surface area contributed by atoms with Crippen LogP contribution in [0.4, 0.5) is 19.0 Å². The fraction of sp³-hybridized carbons (Fsp3) is 0.444. The molecule has 1 aromatic heterocycles. The highest BCUT2D eigenvalue weighted by atomic mass is 79.9. The van der Waals surface area contributed by atoms with Gasteiger partial charge in [-0.05, 0) is 34.8 Å². The molecule has 2 rings (SSSR count). The molecule has 112 valence electrons. The number of anilines is 1. The van der Waals surface area contributed by atoms with Crippen LogP contribution in [-0.4, -0.2) is 25.1 Å². The molecule has 1 fully saturated rings. The number of pyridine rings is 1. The largest absolute Gasteiger partial charge is 0.407 e. The summed E-state index contributed by atoms with van der Waals surface area (Å²) in [6.07, 6.45) is -3.95. The first-order valence-electron chi connectivity index (χ1n) is 5.34. The lowest BCUT2D eigenvalue weighted by Crippen LogP contribution is -2.47. The van der Waals surface area contributed by atoms with Crippen molar-refractivity contribution >= 4 is 31.8 Å². The zero-order chi connectivity index (χ0) is 15.2. The van der Waals surface area contributed by atoms with E-state index in [4.69, 9.17) is 5.84 Å². The molecule has 0 radical (unpaired) electrons. The molecule has 0 saturated heterocycles. The number of hydrogen-bond donors (Lipinski definition) is 3. The number of hydrogen-bond acceptors (Lipinski definition) is 5. The third kappa shape index (κ3) is 2.75. The maximum Gasteiger partial charge on any atom is 0.407 e. The monoisotopic (exact) mass is 374 g/mol. The van der Waals surface area contributed by atoms with Gasteiger partial charge in [0.1, 0.15) is 10.4 Å². The Hall–Kier alpha value is -0.910. The average molecular weight is 375 g/mol. The molecular formula is C9H10BrF3N4O2S. The number of rotatable bonds is 4. The second-order valence-corrected chi connectivity index (χ2v) is 6.90. The fourth-order valence-electron chi connectivity index (χ4n) is 1.61. The van der Waals surface area contributed by atoms with Gasteiger partial charge in [0.25, 0.3) is 0 Å². The molecule has 0 aromatic carbocycles. The van der Waals surface area contributed by atoms with Crippen LogP contribution < -0.4 is 16.0 Å². The molecule has 0 unspecified atom stereocenters. The number of sulfonamides is 1. The molecule has 0 aliphatic heterocycles. The lowest BCUT2D eigenvalue weighted by Gasteiger charge is -2.21. The van der Waals surface area contributed by atoms with Crippen LogP contribution in [0.3, 0.4) is 0 Å². The van der Waals surface area contributed by atoms with E-state index < -0.39 is 26.6 Å². The summed E-state index contributed by atoms with van der Waals surface area (Å²) in [6.45, 7) is 0. The molecular weight excluding hydrogens is 365 g/mol. The zero-order valence-electron chi connectivity index (χ0n) is 9.83. The van der Waals surface area contributed by atoms with Crippen molar-refractivity contribution in [3.63, 3.8) is 0 Å².